The Morgan fingerprint density at radius 2 is 1.60 bits per heavy atom. The lowest BCUT2D eigenvalue weighted by atomic mass is 10.1. The first-order valence-corrected chi connectivity index (χ1v) is 12.0. The van der Waals surface area contributed by atoms with Crippen molar-refractivity contribution in [3.63, 3.8) is 0 Å². The van der Waals surface area contributed by atoms with Crippen molar-refractivity contribution in [3.05, 3.63) is 63.6 Å². The number of rotatable bonds is 4. The second-order valence-electron chi connectivity index (χ2n) is 7.45. The lowest BCUT2D eigenvalue weighted by Crippen LogP contribution is -2.42. The van der Waals surface area contributed by atoms with Crippen LogP contribution in [-0.2, 0) is 14.8 Å². The molecule has 2 aromatic rings. The molecule has 0 aromatic heterocycles. The van der Waals surface area contributed by atoms with E-state index in [1.165, 1.54) is 16.4 Å². The fraction of sp³-hybridized carbons (Fsp3) is 0.381. The minimum Gasteiger partial charge on any atom is -0.370 e. The number of nitrogens with zero attached hydrogens (tertiary/aromatic N) is 2. The lowest BCUT2D eigenvalue weighted by molar-refractivity contribution is -0.0228. The van der Waals surface area contributed by atoms with Gasteiger partial charge in [-0.05, 0) is 60.9 Å². The second-order valence-corrected chi connectivity index (χ2v) is 10.3. The minimum absolute atomic E-state index is 0.165. The van der Waals surface area contributed by atoms with Gasteiger partial charge in [-0.15, -0.1) is 0 Å². The monoisotopic (exact) mass is 468 g/mol. The maximum Gasteiger partial charge on any atom is 0.254 e. The van der Waals surface area contributed by atoms with Crippen LogP contribution in [-0.4, -0.2) is 56.3 Å². The largest absolute Gasteiger partial charge is 0.370 e. The lowest BCUT2D eigenvalue weighted by Gasteiger charge is -2.33. The Balaban J connectivity index is 1.48. The molecule has 2 fully saturated rings. The molecule has 2 saturated heterocycles. The molecule has 9 heteroatoms. The molecule has 6 nitrogen and oxygen atoms in total. The average molecular weight is 469 g/mol. The number of hydrogen-bond acceptors (Lipinski definition) is 4. The predicted octanol–water partition coefficient (Wildman–Crippen LogP) is 3.99. The van der Waals surface area contributed by atoms with E-state index in [-0.39, 0.29) is 16.9 Å². The summed E-state index contributed by atoms with van der Waals surface area (Å²) in [6, 6.07) is 11.4. The number of benzene rings is 2. The van der Waals surface area contributed by atoms with Crippen molar-refractivity contribution in [2.45, 2.75) is 23.8 Å². The van der Waals surface area contributed by atoms with E-state index in [1.807, 2.05) is 0 Å². The minimum atomic E-state index is -3.50. The third kappa shape index (κ3) is 4.50. The topological polar surface area (TPSA) is 66.9 Å². The van der Waals surface area contributed by atoms with Crippen molar-refractivity contribution >= 4 is 39.1 Å². The molecular weight excluding hydrogens is 447 g/mol. The van der Waals surface area contributed by atoms with Gasteiger partial charge in [0.1, 0.15) is 6.10 Å². The third-order valence-corrected chi connectivity index (χ3v) is 7.76. The number of morpholine rings is 1. The SMILES string of the molecule is O=C(c1ccc(S(=O)(=O)N2CCCC2)cc1)N1CCOC(c2cc(Cl)cc(Cl)c2)C1. The number of carbonyl (C=O) groups excluding carboxylic acids is 1. The van der Waals surface area contributed by atoms with Gasteiger partial charge < -0.3 is 9.64 Å². The van der Waals surface area contributed by atoms with Crippen LogP contribution in [0.4, 0.5) is 0 Å². The fourth-order valence-electron chi connectivity index (χ4n) is 3.83. The van der Waals surface area contributed by atoms with E-state index in [9.17, 15) is 13.2 Å². The van der Waals surface area contributed by atoms with Crippen LogP contribution in [0.3, 0.4) is 0 Å². The smallest absolute Gasteiger partial charge is 0.254 e. The number of amides is 1. The zero-order valence-electron chi connectivity index (χ0n) is 16.3. The molecule has 2 aliphatic rings. The van der Waals surface area contributed by atoms with Crippen LogP contribution in [0.2, 0.25) is 10.0 Å². The van der Waals surface area contributed by atoms with Gasteiger partial charge in [0.05, 0.1) is 18.0 Å². The van der Waals surface area contributed by atoms with E-state index in [0.29, 0.717) is 48.4 Å². The molecule has 1 amide bonds. The second kappa shape index (κ2) is 8.85. The maximum absolute atomic E-state index is 13.0. The molecule has 0 aliphatic carbocycles. The van der Waals surface area contributed by atoms with Gasteiger partial charge in [-0.2, -0.15) is 4.31 Å². The van der Waals surface area contributed by atoms with Gasteiger partial charge in [-0.3, -0.25) is 4.79 Å². The van der Waals surface area contributed by atoms with Gasteiger partial charge in [0.25, 0.3) is 5.91 Å². The zero-order valence-corrected chi connectivity index (χ0v) is 18.6. The summed E-state index contributed by atoms with van der Waals surface area (Å²) in [4.78, 5) is 14.9. The standard InChI is InChI=1S/C21H22Cl2N2O4S/c22-17-11-16(12-18(23)13-17)20-14-24(9-10-29-20)21(26)15-3-5-19(6-4-15)30(27,28)25-7-1-2-8-25/h3-6,11-13,20H,1-2,7-10,14H2. The number of hydrogen-bond donors (Lipinski definition) is 0. The fourth-order valence-corrected chi connectivity index (χ4v) is 5.89. The molecule has 2 aromatic carbocycles. The number of carbonyl (C=O) groups is 1. The first-order valence-electron chi connectivity index (χ1n) is 9.82. The van der Waals surface area contributed by atoms with Crippen LogP contribution < -0.4 is 0 Å². The van der Waals surface area contributed by atoms with Crippen LogP contribution in [0.1, 0.15) is 34.9 Å². The summed E-state index contributed by atoms with van der Waals surface area (Å²) in [6.45, 7) is 2.31. The molecule has 0 spiro atoms. The van der Waals surface area contributed by atoms with Crippen molar-refractivity contribution in [1.29, 1.82) is 0 Å². The summed E-state index contributed by atoms with van der Waals surface area (Å²) in [5.41, 5.74) is 1.26. The van der Waals surface area contributed by atoms with Gasteiger partial charge in [0.15, 0.2) is 0 Å². The molecule has 0 saturated carbocycles. The quantitative estimate of drug-likeness (QED) is 0.679. The Morgan fingerprint density at radius 3 is 2.23 bits per heavy atom. The van der Waals surface area contributed by atoms with Gasteiger partial charge in [0.2, 0.25) is 10.0 Å². The summed E-state index contributed by atoms with van der Waals surface area (Å²) >= 11 is 12.2. The molecule has 0 radical (unpaired) electrons. The van der Waals surface area contributed by atoms with Crippen molar-refractivity contribution in [2.24, 2.45) is 0 Å². The van der Waals surface area contributed by atoms with Gasteiger partial charge >= 0.3 is 0 Å². The summed E-state index contributed by atoms with van der Waals surface area (Å²) < 4.78 is 32.6. The Kier molecular flexibility index (Phi) is 6.36. The van der Waals surface area contributed by atoms with Crippen LogP contribution >= 0.6 is 23.2 Å². The normalized spacial score (nSPS) is 20.5. The molecule has 2 heterocycles. The summed E-state index contributed by atoms with van der Waals surface area (Å²) in [5.74, 6) is -0.165. The molecule has 1 atom stereocenters. The Bertz CT molecular complexity index is 1020. The van der Waals surface area contributed by atoms with Crippen molar-refractivity contribution in [2.75, 3.05) is 32.8 Å². The Labute approximate surface area is 186 Å². The van der Waals surface area contributed by atoms with Gasteiger partial charge in [0, 0.05) is 35.2 Å². The highest BCUT2D eigenvalue weighted by Gasteiger charge is 2.29. The van der Waals surface area contributed by atoms with Crippen molar-refractivity contribution < 1.29 is 17.9 Å². The number of halogens is 2. The average Bonchev–Trinajstić information content (AvgIpc) is 3.29. The Morgan fingerprint density at radius 1 is 0.967 bits per heavy atom. The molecule has 4 rings (SSSR count). The first-order chi connectivity index (χ1) is 14.3. The highest BCUT2D eigenvalue weighted by molar-refractivity contribution is 7.89. The van der Waals surface area contributed by atoms with Crippen LogP contribution in [0.5, 0.6) is 0 Å². The Hall–Kier alpha value is -1.64. The predicted molar refractivity (Wildman–Crippen MR) is 115 cm³/mol. The summed E-state index contributed by atoms with van der Waals surface area (Å²) in [6.07, 6.45) is 1.44. The number of sulfonamides is 1. The van der Waals surface area contributed by atoms with E-state index >= 15 is 0 Å². The molecule has 2 aliphatic heterocycles. The highest BCUT2D eigenvalue weighted by atomic mass is 35.5. The maximum atomic E-state index is 13.0. The van der Waals surface area contributed by atoms with E-state index in [4.69, 9.17) is 27.9 Å². The molecule has 1 unspecified atom stereocenters. The van der Waals surface area contributed by atoms with E-state index in [0.717, 1.165) is 18.4 Å². The molecule has 0 bridgehead atoms. The van der Waals surface area contributed by atoms with Gasteiger partial charge in [-0.25, -0.2) is 8.42 Å². The molecule has 30 heavy (non-hydrogen) atoms. The summed E-state index contributed by atoms with van der Waals surface area (Å²) in [7, 11) is -3.50. The van der Waals surface area contributed by atoms with Crippen LogP contribution in [0.25, 0.3) is 0 Å². The third-order valence-electron chi connectivity index (χ3n) is 5.41. The molecule has 0 N–H and O–H groups in total. The number of ether oxygens (including phenoxy) is 1. The van der Waals surface area contributed by atoms with Gasteiger partial charge in [-0.1, -0.05) is 23.2 Å². The van der Waals surface area contributed by atoms with E-state index < -0.39 is 10.0 Å². The van der Waals surface area contributed by atoms with Crippen molar-refractivity contribution in [3.8, 4) is 0 Å². The molecule has 160 valence electrons. The first kappa shape index (κ1) is 21.6. The molecular formula is C21H22Cl2N2O4S. The highest BCUT2D eigenvalue weighted by Crippen LogP contribution is 2.29. The van der Waals surface area contributed by atoms with E-state index in [2.05, 4.69) is 0 Å². The van der Waals surface area contributed by atoms with Crippen LogP contribution in [0.15, 0.2) is 47.4 Å². The zero-order chi connectivity index (χ0) is 21.3. The van der Waals surface area contributed by atoms with Crippen molar-refractivity contribution in [1.82, 2.24) is 9.21 Å². The summed E-state index contributed by atoms with van der Waals surface area (Å²) in [5, 5.41) is 1.03. The van der Waals surface area contributed by atoms with E-state index in [1.54, 1.807) is 35.2 Å². The van der Waals surface area contributed by atoms with Crippen LogP contribution in [0, 0.1) is 0 Å².